The van der Waals surface area contributed by atoms with E-state index in [2.05, 4.69) is 31.3 Å². The normalized spacial score (nSPS) is 14.0. The zero-order valence-corrected chi connectivity index (χ0v) is 46.6. The van der Waals surface area contributed by atoms with Crippen LogP contribution in [0.2, 0.25) is 0 Å². The van der Waals surface area contributed by atoms with Crippen molar-refractivity contribution in [3.63, 3.8) is 0 Å². The van der Waals surface area contributed by atoms with Gasteiger partial charge in [0.1, 0.15) is 13.2 Å². The van der Waals surface area contributed by atoms with E-state index in [1.54, 1.807) is 0 Å². The molecule has 0 spiro atoms. The highest BCUT2D eigenvalue weighted by atomic mass is 31.2. The lowest BCUT2D eigenvalue weighted by molar-refractivity contribution is -0.870. The van der Waals surface area contributed by atoms with Gasteiger partial charge in [0.25, 0.3) is 0 Å². The van der Waals surface area contributed by atoms with E-state index in [1.165, 1.54) is 238 Å². The highest BCUT2D eigenvalue weighted by molar-refractivity contribution is 7.47. The maximum absolute atomic E-state index is 13.0. The first-order valence-electron chi connectivity index (χ1n) is 29.6. The Morgan fingerprint density at radius 1 is 0.493 bits per heavy atom. The maximum Gasteiger partial charge on any atom is 0.472 e. The third kappa shape index (κ3) is 52.9. The number of hydrogen-bond acceptors (Lipinski definition) is 5. The molecule has 8 nitrogen and oxygen atoms in total. The molecular formula is C58H118N2O6P+. The van der Waals surface area contributed by atoms with Gasteiger partial charge in [-0.1, -0.05) is 270 Å². The maximum atomic E-state index is 13.0. The quantitative estimate of drug-likeness (QED) is 0.0243. The van der Waals surface area contributed by atoms with Crippen molar-refractivity contribution >= 4 is 13.7 Å². The number of likely N-dealkylation sites (N-methyl/N-ethyl adjacent to an activating group) is 1. The van der Waals surface area contributed by atoms with Crippen LogP contribution in [0.3, 0.4) is 0 Å². The van der Waals surface area contributed by atoms with Gasteiger partial charge in [-0.2, -0.15) is 0 Å². The number of aliphatic hydroxyl groups is 1. The molecule has 0 rings (SSSR count). The number of phosphoric acid groups is 1. The number of unbranched alkanes of at least 4 members (excludes halogenated alkanes) is 40. The highest BCUT2D eigenvalue weighted by Gasteiger charge is 2.28. The molecule has 0 bridgehead atoms. The van der Waals surface area contributed by atoms with Crippen molar-refractivity contribution in [1.29, 1.82) is 0 Å². The lowest BCUT2D eigenvalue weighted by atomic mass is 10.0. The molecule has 0 aromatic carbocycles. The van der Waals surface area contributed by atoms with Crippen LogP contribution in [0.4, 0.5) is 0 Å². The number of rotatable bonds is 55. The predicted octanol–water partition coefficient (Wildman–Crippen LogP) is 17.8. The van der Waals surface area contributed by atoms with E-state index >= 15 is 0 Å². The van der Waals surface area contributed by atoms with Crippen molar-refractivity contribution in [2.24, 2.45) is 0 Å². The van der Waals surface area contributed by atoms with Crippen molar-refractivity contribution in [3.8, 4) is 0 Å². The number of amides is 1. The molecule has 0 fully saturated rings. The topological polar surface area (TPSA) is 105 Å². The Labute approximate surface area is 418 Å². The summed E-state index contributed by atoms with van der Waals surface area (Å²) in [6.07, 6.45) is 61.3. The molecule has 0 aliphatic rings. The van der Waals surface area contributed by atoms with E-state index in [0.717, 1.165) is 38.5 Å². The summed E-state index contributed by atoms with van der Waals surface area (Å²) in [7, 11) is 1.63. The van der Waals surface area contributed by atoms with E-state index in [9.17, 15) is 19.4 Å². The Kier molecular flexibility index (Phi) is 49.6. The number of nitrogens with zero attached hydrogens (tertiary/aromatic N) is 1. The third-order valence-corrected chi connectivity index (χ3v) is 14.7. The first kappa shape index (κ1) is 66.2. The zero-order valence-electron chi connectivity index (χ0n) is 45.7. The summed E-state index contributed by atoms with van der Waals surface area (Å²) in [6.45, 7) is 4.94. The van der Waals surface area contributed by atoms with Gasteiger partial charge in [0, 0.05) is 6.42 Å². The molecule has 9 heteroatoms. The fraction of sp³-hybridized carbons (Fsp3) is 0.948. The molecule has 3 unspecified atom stereocenters. The van der Waals surface area contributed by atoms with Gasteiger partial charge in [-0.25, -0.2) is 4.57 Å². The first-order valence-corrected chi connectivity index (χ1v) is 31.0. The second kappa shape index (κ2) is 50.2. The lowest BCUT2D eigenvalue weighted by Crippen LogP contribution is -2.46. The Morgan fingerprint density at radius 3 is 1.15 bits per heavy atom. The average molecular weight is 971 g/mol. The minimum absolute atomic E-state index is 0.0770. The number of quaternary nitrogens is 1. The molecule has 0 saturated carbocycles. The lowest BCUT2D eigenvalue weighted by Gasteiger charge is -2.26. The number of phosphoric ester groups is 1. The summed E-state index contributed by atoms with van der Waals surface area (Å²) in [6, 6.07) is -0.759. The van der Waals surface area contributed by atoms with Crippen LogP contribution in [0.15, 0.2) is 12.2 Å². The van der Waals surface area contributed by atoms with Crippen LogP contribution < -0.4 is 5.32 Å². The number of carbonyl (C=O) groups is 1. The van der Waals surface area contributed by atoms with Gasteiger partial charge in [0.05, 0.1) is 39.9 Å². The summed E-state index contributed by atoms with van der Waals surface area (Å²) in [5.74, 6) is -0.140. The van der Waals surface area contributed by atoms with Crippen LogP contribution in [0.25, 0.3) is 0 Å². The van der Waals surface area contributed by atoms with Gasteiger partial charge < -0.3 is 19.8 Å². The minimum atomic E-state index is -4.32. The number of carbonyl (C=O) groups excluding carboxylic acids is 1. The second-order valence-corrected chi connectivity index (χ2v) is 23.2. The van der Waals surface area contributed by atoms with Gasteiger partial charge in [-0.15, -0.1) is 0 Å². The molecule has 0 saturated heterocycles. The molecular weight excluding hydrogens is 852 g/mol. The highest BCUT2D eigenvalue weighted by Crippen LogP contribution is 2.43. The van der Waals surface area contributed by atoms with Crippen molar-refractivity contribution in [2.45, 2.75) is 315 Å². The van der Waals surface area contributed by atoms with Gasteiger partial charge in [0.15, 0.2) is 0 Å². The summed E-state index contributed by atoms with van der Waals surface area (Å²) in [4.78, 5) is 23.3. The number of aliphatic hydroxyl groups excluding tert-OH is 1. The Balaban J connectivity index is 4.12. The number of nitrogens with one attached hydrogen (secondary N) is 1. The first-order chi connectivity index (χ1) is 32.5. The molecule has 0 aromatic heterocycles. The van der Waals surface area contributed by atoms with Gasteiger partial charge in [0.2, 0.25) is 5.91 Å². The average Bonchev–Trinajstić information content (AvgIpc) is 3.29. The fourth-order valence-electron chi connectivity index (χ4n) is 9.10. The predicted molar refractivity (Wildman–Crippen MR) is 291 cm³/mol. The molecule has 0 heterocycles. The van der Waals surface area contributed by atoms with E-state index in [1.807, 2.05) is 21.1 Å². The van der Waals surface area contributed by atoms with Crippen molar-refractivity contribution in [2.75, 3.05) is 40.9 Å². The van der Waals surface area contributed by atoms with Crippen LogP contribution >= 0.6 is 7.82 Å². The summed E-state index contributed by atoms with van der Waals surface area (Å²) in [5.41, 5.74) is 0. The van der Waals surface area contributed by atoms with Crippen LogP contribution in [0, 0.1) is 0 Å². The van der Waals surface area contributed by atoms with E-state index in [0.29, 0.717) is 23.9 Å². The third-order valence-electron chi connectivity index (χ3n) is 13.8. The van der Waals surface area contributed by atoms with Crippen LogP contribution in [-0.2, 0) is 18.4 Å². The smallest absolute Gasteiger partial charge is 0.391 e. The Bertz CT molecular complexity index is 1100. The summed E-state index contributed by atoms with van der Waals surface area (Å²) >= 11 is 0. The van der Waals surface area contributed by atoms with Gasteiger partial charge in [-0.05, 0) is 38.5 Å². The van der Waals surface area contributed by atoms with Crippen molar-refractivity contribution in [1.82, 2.24) is 5.32 Å². The van der Waals surface area contributed by atoms with Crippen LogP contribution in [-0.4, -0.2) is 73.4 Å². The molecule has 0 aromatic rings. The van der Waals surface area contributed by atoms with Crippen LogP contribution in [0.5, 0.6) is 0 Å². The Morgan fingerprint density at radius 2 is 0.806 bits per heavy atom. The standard InChI is InChI=1S/C58H117N2O6P/c1-6-8-10-12-14-16-18-20-22-24-26-27-28-29-30-31-32-34-36-38-40-42-44-46-48-50-52-58(62)59-56(55-66-67(63,64)65-54-53-60(3,4)5)57(61)51-49-47-45-43-41-39-37-35-33-25-23-21-19-17-15-13-11-9-7-2/h29-30,56-57,61H,6-28,31-55H2,1-5H3,(H-,59,62,63,64)/p+1/b30-29-. The molecule has 0 radical (unpaired) electrons. The monoisotopic (exact) mass is 970 g/mol. The van der Waals surface area contributed by atoms with E-state index in [-0.39, 0.29) is 19.1 Å². The summed E-state index contributed by atoms with van der Waals surface area (Å²) < 4.78 is 23.8. The summed E-state index contributed by atoms with van der Waals surface area (Å²) in [5, 5.41) is 14.1. The molecule has 1 amide bonds. The second-order valence-electron chi connectivity index (χ2n) is 21.7. The zero-order chi connectivity index (χ0) is 49.2. The largest absolute Gasteiger partial charge is 0.472 e. The van der Waals surface area contributed by atoms with Gasteiger partial charge in [-0.3, -0.25) is 13.8 Å². The van der Waals surface area contributed by atoms with Gasteiger partial charge >= 0.3 is 7.82 Å². The molecule has 3 atom stereocenters. The SMILES string of the molecule is CCCCCCCCCCCCCC/C=C\CCCCCCCCCCCCC(=O)NC(COP(=O)(O)OCC[N+](C)(C)C)C(O)CCCCCCCCCCCCCCCCCCCCC. The van der Waals surface area contributed by atoms with Crippen LogP contribution in [0.1, 0.15) is 303 Å². The number of hydrogen-bond donors (Lipinski definition) is 3. The molecule has 67 heavy (non-hydrogen) atoms. The molecule has 3 N–H and O–H groups in total. The number of allylic oxidation sites excluding steroid dienone is 2. The minimum Gasteiger partial charge on any atom is -0.391 e. The Hall–Kier alpha value is -0.760. The van der Waals surface area contributed by atoms with Crippen molar-refractivity contribution < 1.29 is 32.9 Å². The molecule has 0 aliphatic heterocycles. The van der Waals surface area contributed by atoms with Crippen molar-refractivity contribution in [3.05, 3.63) is 12.2 Å². The molecule has 0 aliphatic carbocycles. The van der Waals surface area contributed by atoms with E-state index < -0.39 is 20.0 Å². The van der Waals surface area contributed by atoms with E-state index in [4.69, 9.17) is 9.05 Å². The molecule has 400 valence electrons. The fourth-order valence-corrected chi connectivity index (χ4v) is 9.84.